The fourth-order valence-corrected chi connectivity index (χ4v) is 3.78. The second-order valence-electron chi connectivity index (χ2n) is 7.74. The van der Waals surface area contributed by atoms with Crippen LogP contribution < -0.4 is 0 Å². The van der Waals surface area contributed by atoms with Gasteiger partial charge in [-0.3, -0.25) is 0 Å². The second kappa shape index (κ2) is 13.6. The summed E-state index contributed by atoms with van der Waals surface area (Å²) < 4.78 is 6.33. The molecule has 0 N–H and O–H groups in total. The zero-order valence-electron chi connectivity index (χ0n) is 17.4. The second-order valence-corrected chi connectivity index (χ2v) is 7.74. The van der Waals surface area contributed by atoms with Gasteiger partial charge in [0.1, 0.15) is 0 Å². The molecule has 1 heteroatoms. The largest absolute Gasteiger partial charge is 0.380 e. The maximum absolute atomic E-state index is 6.33. The summed E-state index contributed by atoms with van der Waals surface area (Å²) in [6.45, 7) is 6.22. The Bertz CT molecular complexity index is 524. The summed E-state index contributed by atoms with van der Waals surface area (Å²) >= 11 is 0. The van der Waals surface area contributed by atoms with Crippen LogP contribution in [0.5, 0.6) is 0 Å². The van der Waals surface area contributed by atoms with E-state index in [4.69, 9.17) is 4.74 Å². The average Bonchev–Trinajstić information content (AvgIpc) is 2.73. The molecule has 27 heavy (non-hydrogen) atoms. The van der Waals surface area contributed by atoms with Crippen LogP contribution in [-0.2, 0) is 4.74 Å². The summed E-state index contributed by atoms with van der Waals surface area (Å²) in [5.41, 5.74) is 2.85. The molecule has 1 nitrogen and oxygen atoms in total. The quantitative estimate of drug-likeness (QED) is 0.311. The lowest BCUT2D eigenvalue weighted by molar-refractivity contribution is 0.101. The van der Waals surface area contributed by atoms with Gasteiger partial charge < -0.3 is 4.74 Å². The molecule has 0 aliphatic heterocycles. The van der Waals surface area contributed by atoms with Gasteiger partial charge in [-0.05, 0) is 24.0 Å². The molecule has 0 bridgehead atoms. The monoisotopic (exact) mass is 366 g/mol. The first-order chi connectivity index (χ1) is 13.3. The molecule has 2 aromatic carbocycles. The number of ether oxygens (including phenoxy) is 1. The molecule has 0 saturated heterocycles. The Kier molecular flexibility index (Phi) is 10.9. The molecule has 0 aliphatic rings. The lowest BCUT2D eigenvalue weighted by Crippen LogP contribution is -2.14. The van der Waals surface area contributed by atoms with Crippen molar-refractivity contribution in [2.45, 2.75) is 77.0 Å². The molecule has 0 fully saturated rings. The van der Waals surface area contributed by atoms with Crippen LogP contribution in [0.15, 0.2) is 60.7 Å². The number of hydrogen-bond donors (Lipinski definition) is 0. The van der Waals surface area contributed by atoms with Gasteiger partial charge in [0, 0.05) is 11.8 Å². The van der Waals surface area contributed by atoms with Crippen molar-refractivity contribution >= 4 is 0 Å². The van der Waals surface area contributed by atoms with Crippen molar-refractivity contribution in [1.82, 2.24) is 0 Å². The zero-order chi connectivity index (χ0) is 19.2. The van der Waals surface area contributed by atoms with Crippen molar-refractivity contribution in [2.75, 3.05) is 13.2 Å². The molecule has 2 aromatic rings. The minimum Gasteiger partial charge on any atom is -0.380 e. The van der Waals surface area contributed by atoms with E-state index in [0.29, 0.717) is 11.8 Å². The predicted molar refractivity (Wildman–Crippen MR) is 117 cm³/mol. The van der Waals surface area contributed by atoms with Gasteiger partial charge >= 0.3 is 0 Å². The van der Waals surface area contributed by atoms with Crippen LogP contribution in [0.3, 0.4) is 0 Å². The van der Waals surface area contributed by atoms with E-state index in [1.807, 2.05) is 0 Å². The van der Waals surface area contributed by atoms with Crippen LogP contribution in [0.2, 0.25) is 0 Å². The van der Waals surface area contributed by atoms with E-state index in [9.17, 15) is 0 Å². The molecule has 0 aromatic heterocycles. The fraction of sp³-hybridized carbons (Fsp3) is 0.538. The standard InChI is InChI=1S/C26H38O/c1-3-5-9-19-25(23-15-11-7-12-16-23)21-27-22-26(20-10-6-4-2)24-17-13-8-14-18-24/h7-8,11-18,25-26H,3-6,9-10,19-22H2,1-2H3. The van der Waals surface area contributed by atoms with Crippen LogP contribution in [0.25, 0.3) is 0 Å². The van der Waals surface area contributed by atoms with E-state index in [2.05, 4.69) is 74.5 Å². The summed E-state index contributed by atoms with van der Waals surface area (Å²) in [4.78, 5) is 0. The van der Waals surface area contributed by atoms with E-state index in [1.165, 1.54) is 62.5 Å². The van der Waals surface area contributed by atoms with Gasteiger partial charge in [0.05, 0.1) is 13.2 Å². The number of benzene rings is 2. The topological polar surface area (TPSA) is 9.23 Å². The smallest absolute Gasteiger partial charge is 0.0535 e. The van der Waals surface area contributed by atoms with Crippen LogP contribution in [0.4, 0.5) is 0 Å². The van der Waals surface area contributed by atoms with Gasteiger partial charge in [-0.1, -0.05) is 113 Å². The SMILES string of the molecule is CCCCCC(COCC(CCCCC)c1ccccc1)c1ccccc1. The van der Waals surface area contributed by atoms with Crippen molar-refractivity contribution in [2.24, 2.45) is 0 Å². The Hall–Kier alpha value is -1.60. The fourth-order valence-electron chi connectivity index (χ4n) is 3.78. The van der Waals surface area contributed by atoms with Gasteiger partial charge in [-0.2, -0.15) is 0 Å². The van der Waals surface area contributed by atoms with Gasteiger partial charge in [0.15, 0.2) is 0 Å². The Morgan fingerprint density at radius 2 is 1.00 bits per heavy atom. The maximum atomic E-state index is 6.33. The normalized spacial score (nSPS) is 13.4. The molecule has 0 aliphatic carbocycles. The van der Waals surface area contributed by atoms with Crippen LogP contribution in [0.1, 0.15) is 88.2 Å². The van der Waals surface area contributed by atoms with Crippen molar-refractivity contribution in [3.05, 3.63) is 71.8 Å². The van der Waals surface area contributed by atoms with E-state index >= 15 is 0 Å². The summed E-state index contributed by atoms with van der Waals surface area (Å²) in [6.07, 6.45) is 10.2. The molecule has 0 heterocycles. The number of rotatable bonds is 14. The highest BCUT2D eigenvalue weighted by Gasteiger charge is 2.15. The Morgan fingerprint density at radius 3 is 1.37 bits per heavy atom. The molecule has 0 radical (unpaired) electrons. The molecule has 0 spiro atoms. The van der Waals surface area contributed by atoms with E-state index in [1.54, 1.807) is 0 Å². The highest BCUT2D eigenvalue weighted by Crippen LogP contribution is 2.26. The highest BCUT2D eigenvalue weighted by atomic mass is 16.5. The zero-order valence-corrected chi connectivity index (χ0v) is 17.4. The molecule has 2 atom stereocenters. The van der Waals surface area contributed by atoms with E-state index in [-0.39, 0.29) is 0 Å². The first-order valence-corrected chi connectivity index (χ1v) is 11.0. The van der Waals surface area contributed by atoms with Crippen molar-refractivity contribution in [3.63, 3.8) is 0 Å². The number of hydrogen-bond acceptors (Lipinski definition) is 1. The Balaban J connectivity index is 1.92. The van der Waals surface area contributed by atoms with Crippen molar-refractivity contribution < 1.29 is 4.74 Å². The van der Waals surface area contributed by atoms with Crippen molar-refractivity contribution in [3.8, 4) is 0 Å². The van der Waals surface area contributed by atoms with Crippen molar-refractivity contribution in [1.29, 1.82) is 0 Å². The van der Waals surface area contributed by atoms with E-state index in [0.717, 1.165) is 13.2 Å². The predicted octanol–water partition coefficient (Wildman–Crippen LogP) is 7.73. The third kappa shape index (κ3) is 8.30. The first-order valence-electron chi connectivity index (χ1n) is 11.0. The molecule has 0 saturated carbocycles. The van der Waals surface area contributed by atoms with Gasteiger partial charge in [0.2, 0.25) is 0 Å². The molecule has 0 amide bonds. The summed E-state index contributed by atoms with van der Waals surface area (Å²) in [6, 6.07) is 21.9. The average molecular weight is 367 g/mol. The summed E-state index contributed by atoms with van der Waals surface area (Å²) in [5.74, 6) is 1.04. The van der Waals surface area contributed by atoms with Crippen LogP contribution in [0, 0.1) is 0 Å². The maximum Gasteiger partial charge on any atom is 0.0535 e. The third-order valence-corrected chi connectivity index (χ3v) is 5.49. The summed E-state index contributed by atoms with van der Waals surface area (Å²) in [7, 11) is 0. The molecular formula is C26H38O. The Morgan fingerprint density at radius 1 is 0.593 bits per heavy atom. The number of unbranched alkanes of at least 4 members (excludes halogenated alkanes) is 4. The van der Waals surface area contributed by atoms with Crippen LogP contribution in [-0.4, -0.2) is 13.2 Å². The lowest BCUT2D eigenvalue weighted by atomic mass is 9.93. The van der Waals surface area contributed by atoms with Gasteiger partial charge in [-0.15, -0.1) is 0 Å². The molecular weight excluding hydrogens is 328 g/mol. The Labute approximate surface area is 167 Å². The minimum atomic E-state index is 0.518. The summed E-state index contributed by atoms with van der Waals surface area (Å²) in [5, 5.41) is 0. The third-order valence-electron chi connectivity index (χ3n) is 5.49. The molecule has 2 unspecified atom stereocenters. The van der Waals surface area contributed by atoms with Gasteiger partial charge in [-0.25, -0.2) is 0 Å². The van der Waals surface area contributed by atoms with Gasteiger partial charge in [0.25, 0.3) is 0 Å². The molecule has 148 valence electrons. The highest BCUT2D eigenvalue weighted by molar-refractivity contribution is 5.20. The lowest BCUT2D eigenvalue weighted by Gasteiger charge is -2.21. The minimum absolute atomic E-state index is 0.518. The molecule has 2 rings (SSSR count). The van der Waals surface area contributed by atoms with Crippen LogP contribution >= 0.6 is 0 Å². The first kappa shape index (κ1) is 21.7. The van der Waals surface area contributed by atoms with E-state index < -0.39 is 0 Å².